The van der Waals surface area contributed by atoms with Crippen molar-refractivity contribution in [3.05, 3.63) is 71.8 Å². The normalized spacial score (nSPS) is 26.9. The number of carbonyl (C=O) groups excluding carboxylic acids is 2. The lowest BCUT2D eigenvalue weighted by Crippen LogP contribution is -2.43. The molecule has 2 amide bonds. The van der Waals surface area contributed by atoms with E-state index in [-0.39, 0.29) is 23.8 Å². The van der Waals surface area contributed by atoms with Gasteiger partial charge in [-0.05, 0) is 11.1 Å². The van der Waals surface area contributed by atoms with Gasteiger partial charge in [-0.2, -0.15) is 0 Å². The molecule has 0 saturated carbocycles. The summed E-state index contributed by atoms with van der Waals surface area (Å²) in [5.41, 5.74) is 5.54. The van der Waals surface area contributed by atoms with Crippen LogP contribution in [0.3, 0.4) is 0 Å². The molecule has 5 nitrogen and oxygen atoms in total. The summed E-state index contributed by atoms with van der Waals surface area (Å²) in [7, 11) is 1.58. The fourth-order valence-corrected chi connectivity index (χ4v) is 3.68. The van der Waals surface area contributed by atoms with Gasteiger partial charge in [0.05, 0.1) is 12.0 Å². The molecule has 2 aromatic carbocycles. The number of hydrazine groups is 1. The molecular formula is C19H19N3O2. The predicted molar refractivity (Wildman–Crippen MR) is 89.4 cm³/mol. The molecule has 0 aromatic heterocycles. The number of nitrogens with one attached hydrogen (secondary N) is 1. The summed E-state index contributed by atoms with van der Waals surface area (Å²) in [6, 6.07) is 19.2. The number of rotatable bonds is 3. The molecule has 1 N–H and O–H groups in total. The van der Waals surface area contributed by atoms with Gasteiger partial charge in [0.15, 0.2) is 0 Å². The van der Waals surface area contributed by atoms with Crippen LogP contribution in [0.25, 0.3) is 0 Å². The molecule has 0 bridgehead atoms. The Labute approximate surface area is 140 Å². The first-order valence-electron chi connectivity index (χ1n) is 8.10. The minimum atomic E-state index is -0.451. The van der Waals surface area contributed by atoms with Crippen LogP contribution in [-0.2, 0) is 16.1 Å². The average Bonchev–Trinajstić information content (AvgIpc) is 3.09. The van der Waals surface area contributed by atoms with Gasteiger partial charge in [-0.1, -0.05) is 60.7 Å². The first-order chi connectivity index (χ1) is 11.7. The summed E-state index contributed by atoms with van der Waals surface area (Å²) < 4.78 is 0. The second-order valence-electron chi connectivity index (χ2n) is 6.34. The van der Waals surface area contributed by atoms with Crippen LogP contribution in [0.4, 0.5) is 0 Å². The van der Waals surface area contributed by atoms with Crippen molar-refractivity contribution in [2.45, 2.75) is 18.6 Å². The standard InChI is InChI=1S/C19H19N3O2/c1-21-18(23)15-16(14-10-6-3-7-11-14)20-22(17(15)19(21)24)12-13-8-4-2-5-9-13/h2-11,15-17,20H,12H2,1H3/t15-,16+,17-/m1/s1. The van der Waals surface area contributed by atoms with Gasteiger partial charge in [0, 0.05) is 13.6 Å². The Morgan fingerprint density at radius 1 is 0.917 bits per heavy atom. The highest BCUT2D eigenvalue weighted by Gasteiger charge is 2.57. The highest BCUT2D eigenvalue weighted by molar-refractivity contribution is 6.07. The van der Waals surface area contributed by atoms with E-state index in [0.29, 0.717) is 6.54 Å². The van der Waals surface area contributed by atoms with Crippen LogP contribution in [0.1, 0.15) is 17.2 Å². The minimum Gasteiger partial charge on any atom is -0.284 e. The quantitative estimate of drug-likeness (QED) is 0.875. The van der Waals surface area contributed by atoms with Crippen molar-refractivity contribution >= 4 is 11.8 Å². The summed E-state index contributed by atoms with van der Waals surface area (Å²) in [5, 5.41) is 1.92. The topological polar surface area (TPSA) is 52.7 Å². The summed E-state index contributed by atoms with van der Waals surface area (Å²) in [6.07, 6.45) is 0. The molecule has 4 rings (SSSR count). The number of hydrogen-bond acceptors (Lipinski definition) is 4. The van der Waals surface area contributed by atoms with Crippen LogP contribution < -0.4 is 5.43 Å². The van der Waals surface area contributed by atoms with Gasteiger partial charge in [-0.15, -0.1) is 0 Å². The monoisotopic (exact) mass is 321 g/mol. The van der Waals surface area contributed by atoms with E-state index in [1.165, 1.54) is 4.90 Å². The van der Waals surface area contributed by atoms with E-state index >= 15 is 0 Å². The van der Waals surface area contributed by atoms with Gasteiger partial charge < -0.3 is 0 Å². The predicted octanol–water partition coefficient (Wildman–Crippen LogP) is 1.73. The average molecular weight is 321 g/mol. The maximum Gasteiger partial charge on any atom is 0.248 e. The summed E-state index contributed by atoms with van der Waals surface area (Å²) in [6.45, 7) is 0.582. The molecule has 2 aliphatic heterocycles. The van der Waals surface area contributed by atoms with Gasteiger partial charge in [0.25, 0.3) is 0 Å². The van der Waals surface area contributed by atoms with Gasteiger partial charge in [-0.3, -0.25) is 14.5 Å². The van der Waals surface area contributed by atoms with Crippen molar-refractivity contribution in [3.8, 4) is 0 Å². The molecule has 2 fully saturated rings. The molecule has 122 valence electrons. The van der Waals surface area contributed by atoms with Crippen LogP contribution in [0.5, 0.6) is 0 Å². The minimum absolute atomic E-state index is 0.109. The third-order valence-corrected chi connectivity index (χ3v) is 4.89. The van der Waals surface area contributed by atoms with Crippen molar-refractivity contribution in [2.24, 2.45) is 5.92 Å². The second-order valence-corrected chi connectivity index (χ2v) is 6.34. The number of imide groups is 1. The van der Waals surface area contributed by atoms with E-state index in [0.717, 1.165) is 11.1 Å². The SMILES string of the molecule is CN1C(=O)[C@@H]2[C@H](c3ccccc3)NN(Cc3ccccc3)[C@H]2C1=O. The number of likely N-dealkylation sites (tertiary alicyclic amines) is 1. The summed E-state index contributed by atoms with van der Waals surface area (Å²) in [4.78, 5) is 26.5. The van der Waals surface area contributed by atoms with Crippen molar-refractivity contribution in [1.29, 1.82) is 0 Å². The Hall–Kier alpha value is -2.50. The molecule has 0 spiro atoms. The zero-order valence-corrected chi connectivity index (χ0v) is 13.4. The van der Waals surface area contributed by atoms with Crippen LogP contribution in [-0.4, -0.2) is 34.8 Å². The first-order valence-corrected chi connectivity index (χ1v) is 8.10. The Balaban J connectivity index is 1.69. The number of likely N-dealkylation sites (N-methyl/N-ethyl adjacent to an activating group) is 1. The third kappa shape index (κ3) is 2.33. The second kappa shape index (κ2) is 5.85. The van der Waals surface area contributed by atoms with E-state index < -0.39 is 6.04 Å². The summed E-state index contributed by atoms with van der Waals surface area (Å²) >= 11 is 0. The lowest BCUT2D eigenvalue weighted by atomic mass is 9.91. The van der Waals surface area contributed by atoms with E-state index in [2.05, 4.69) is 5.43 Å². The molecule has 0 unspecified atom stereocenters. The van der Waals surface area contributed by atoms with Gasteiger partial charge in [0.1, 0.15) is 6.04 Å². The molecule has 5 heteroatoms. The maximum absolute atomic E-state index is 12.6. The first kappa shape index (κ1) is 15.1. The molecule has 3 atom stereocenters. The van der Waals surface area contributed by atoms with Crippen LogP contribution in [0.2, 0.25) is 0 Å². The molecule has 0 aliphatic carbocycles. The smallest absolute Gasteiger partial charge is 0.248 e. The Kier molecular flexibility index (Phi) is 3.67. The molecule has 2 aromatic rings. The van der Waals surface area contributed by atoms with Crippen molar-refractivity contribution in [3.63, 3.8) is 0 Å². The number of amides is 2. The zero-order chi connectivity index (χ0) is 16.7. The lowest BCUT2D eigenvalue weighted by molar-refractivity contribution is -0.139. The Bertz CT molecular complexity index is 763. The highest BCUT2D eigenvalue weighted by Crippen LogP contribution is 2.40. The maximum atomic E-state index is 12.6. The molecule has 2 saturated heterocycles. The highest BCUT2D eigenvalue weighted by atomic mass is 16.2. The number of benzene rings is 2. The summed E-state index contributed by atoms with van der Waals surface area (Å²) in [5.74, 6) is -0.623. The van der Waals surface area contributed by atoms with E-state index in [9.17, 15) is 9.59 Å². The van der Waals surface area contributed by atoms with Crippen molar-refractivity contribution in [2.75, 3.05) is 7.05 Å². The Morgan fingerprint density at radius 3 is 2.21 bits per heavy atom. The van der Waals surface area contributed by atoms with Crippen LogP contribution >= 0.6 is 0 Å². The van der Waals surface area contributed by atoms with E-state index in [1.807, 2.05) is 65.7 Å². The van der Waals surface area contributed by atoms with Crippen LogP contribution in [0.15, 0.2) is 60.7 Å². The fourth-order valence-electron chi connectivity index (χ4n) is 3.68. The number of fused-ring (bicyclic) bond motifs is 1. The zero-order valence-electron chi connectivity index (χ0n) is 13.4. The molecule has 2 heterocycles. The molecule has 0 radical (unpaired) electrons. The van der Waals surface area contributed by atoms with E-state index in [1.54, 1.807) is 7.05 Å². The van der Waals surface area contributed by atoms with Crippen molar-refractivity contribution in [1.82, 2.24) is 15.3 Å². The lowest BCUT2D eigenvalue weighted by Gasteiger charge is -2.23. The number of nitrogens with zero attached hydrogens (tertiary/aromatic N) is 2. The van der Waals surface area contributed by atoms with Gasteiger partial charge >= 0.3 is 0 Å². The van der Waals surface area contributed by atoms with Gasteiger partial charge in [-0.25, -0.2) is 10.4 Å². The van der Waals surface area contributed by atoms with Gasteiger partial charge in [0.2, 0.25) is 11.8 Å². The molecule has 24 heavy (non-hydrogen) atoms. The number of carbonyl (C=O) groups is 2. The largest absolute Gasteiger partial charge is 0.284 e. The Morgan fingerprint density at radius 2 is 1.54 bits per heavy atom. The van der Waals surface area contributed by atoms with E-state index in [4.69, 9.17) is 0 Å². The van der Waals surface area contributed by atoms with Crippen molar-refractivity contribution < 1.29 is 9.59 Å². The number of hydrogen-bond donors (Lipinski definition) is 1. The molecule has 2 aliphatic rings. The fraction of sp³-hybridized carbons (Fsp3) is 0.263. The molecular weight excluding hydrogens is 302 g/mol. The van der Waals surface area contributed by atoms with Crippen LogP contribution in [0, 0.1) is 5.92 Å². The third-order valence-electron chi connectivity index (χ3n) is 4.89.